The third kappa shape index (κ3) is 1.92. The molecule has 0 saturated carbocycles. The number of benzene rings is 1. The Morgan fingerprint density at radius 1 is 1.40 bits per heavy atom. The molecule has 1 aromatic heterocycles. The standard InChI is InChI=1S/C11H9ClN2O/c1-14-7-8(6-13-14)9-4-2-3-5-10(9)11(12)15/h2-7H,1H3. The maximum atomic E-state index is 11.2. The van der Waals surface area contributed by atoms with Crippen LogP contribution in [0.4, 0.5) is 0 Å². The average molecular weight is 221 g/mol. The van der Waals surface area contributed by atoms with Crippen LogP contribution in [0.1, 0.15) is 10.4 Å². The molecular formula is C11H9ClN2O. The largest absolute Gasteiger partial charge is 0.276 e. The molecule has 15 heavy (non-hydrogen) atoms. The molecule has 0 aliphatic rings. The topological polar surface area (TPSA) is 34.9 Å². The van der Waals surface area contributed by atoms with E-state index in [9.17, 15) is 4.79 Å². The van der Waals surface area contributed by atoms with Gasteiger partial charge in [-0.15, -0.1) is 0 Å². The molecule has 1 aromatic carbocycles. The number of nitrogens with zero attached hydrogens (tertiary/aromatic N) is 2. The third-order valence-corrected chi connectivity index (χ3v) is 2.36. The van der Waals surface area contributed by atoms with Gasteiger partial charge in [-0.2, -0.15) is 5.10 Å². The number of hydrogen-bond acceptors (Lipinski definition) is 2. The van der Waals surface area contributed by atoms with Gasteiger partial charge in [-0.05, 0) is 23.2 Å². The van der Waals surface area contributed by atoms with Crippen molar-refractivity contribution in [1.29, 1.82) is 0 Å². The van der Waals surface area contributed by atoms with Crippen LogP contribution in [-0.4, -0.2) is 15.0 Å². The molecular weight excluding hydrogens is 212 g/mol. The maximum absolute atomic E-state index is 11.2. The van der Waals surface area contributed by atoms with E-state index in [0.29, 0.717) is 5.56 Å². The smallest absolute Gasteiger partial charge is 0.253 e. The molecule has 0 N–H and O–H groups in total. The Labute approximate surface area is 92.3 Å². The van der Waals surface area contributed by atoms with E-state index in [1.807, 2.05) is 25.4 Å². The minimum Gasteiger partial charge on any atom is -0.276 e. The number of rotatable bonds is 2. The fourth-order valence-corrected chi connectivity index (χ4v) is 1.63. The molecule has 3 nitrogen and oxygen atoms in total. The molecule has 0 saturated heterocycles. The second-order valence-electron chi connectivity index (χ2n) is 3.22. The van der Waals surface area contributed by atoms with Crippen LogP contribution in [0, 0.1) is 0 Å². The fraction of sp³-hybridized carbons (Fsp3) is 0.0909. The summed E-state index contributed by atoms with van der Waals surface area (Å²) in [7, 11) is 1.83. The lowest BCUT2D eigenvalue weighted by molar-refractivity contribution is 0.108. The first-order valence-electron chi connectivity index (χ1n) is 4.46. The minimum atomic E-state index is -0.450. The number of hydrogen-bond donors (Lipinski definition) is 0. The van der Waals surface area contributed by atoms with Gasteiger partial charge in [-0.3, -0.25) is 9.48 Å². The zero-order chi connectivity index (χ0) is 10.8. The van der Waals surface area contributed by atoms with E-state index in [0.717, 1.165) is 11.1 Å². The summed E-state index contributed by atoms with van der Waals surface area (Å²) >= 11 is 5.50. The molecule has 1 heterocycles. The molecule has 4 heteroatoms. The predicted molar refractivity (Wildman–Crippen MR) is 58.8 cm³/mol. The van der Waals surface area contributed by atoms with Crippen molar-refractivity contribution in [3.63, 3.8) is 0 Å². The highest BCUT2D eigenvalue weighted by Crippen LogP contribution is 2.23. The molecule has 0 unspecified atom stereocenters. The molecule has 2 rings (SSSR count). The monoisotopic (exact) mass is 220 g/mol. The lowest BCUT2D eigenvalue weighted by Gasteiger charge is -2.01. The molecule has 76 valence electrons. The van der Waals surface area contributed by atoms with Gasteiger partial charge in [0.15, 0.2) is 0 Å². The lowest BCUT2D eigenvalue weighted by atomic mass is 10.0. The highest BCUT2D eigenvalue weighted by atomic mass is 35.5. The summed E-state index contributed by atoms with van der Waals surface area (Å²) in [6.07, 6.45) is 3.55. The van der Waals surface area contributed by atoms with E-state index in [-0.39, 0.29) is 0 Å². The molecule has 0 aliphatic carbocycles. The quantitative estimate of drug-likeness (QED) is 0.729. The second-order valence-corrected chi connectivity index (χ2v) is 3.57. The minimum absolute atomic E-state index is 0.450. The first-order valence-corrected chi connectivity index (χ1v) is 4.84. The summed E-state index contributed by atoms with van der Waals surface area (Å²) in [5, 5.41) is 3.61. The van der Waals surface area contributed by atoms with Crippen LogP contribution < -0.4 is 0 Å². The Morgan fingerprint density at radius 3 is 2.73 bits per heavy atom. The lowest BCUT2D eigenvalue weighted by Crippen LogP contribution is -1.92. The van der Waals surface area contributed by atoms with Gasteiger partial charge in [0, 0.05) is 24.4 Å². The van der Waals surface area contributed by atoms with Crippen molar-refractivity contribution in [3.05, 3.63) is 42.2 Å². The van der Waals surface area contributed by atoms with Crippen molar-refractivity contribution in [2.24, 2.45) is 7.05 Å². The van der Waals surface area contributed by atoms with Gasteiger partial charge < -0.3 is 0 Å². The number of aryl methyl sites for hydroxylation is 1. The van der Waals surface area contributed by atoms with E-state index in [1.54, 1.807) is 23.0 Å². The van der Waals surface area contributed by atoms with Crippen molar-refractivity contribution < 1.29 is 4.79 Å². The van der Waals surface area contributed by atoms with Crippen molar-refractivity contribution in [2.75, 3.05) is 0 Å². The van der Waals surface area contributed by atoms with Crippen LogP contribution in [-0.2, 0) is 7.05 Å². The predicted octanol–water partition coefficient (Wildman–Crippen LogP) is 2.47. The van der Waals surface area contributed by atoms with Gasteiger partial charge in [-0.1, -0.05) is 18.2 Å². The first kappa shape index (κ1) is 9.93. The second kappa shape index (κ2) is 3.87. The Morgan fingerprint density at radius 2 is 2.13 bits per heavy atom. The molecule has 0 bridgehead atoms. The van der Waals surface area contributed by atoms with E-state index in [1.165, 1.54) is 0 Å². The molecule has 0 fully saturated rings. The zero-order valence-corrected chi connectivity index (χ0v) is 8.90. The van der Waals surface area contributed by atoms with E-state index < -0.39 is 5.24 Å². The van der Waals surface area contributed by atoms with Gasteiger partial charge >= 0.3 is 0 Å². The first-order chi connectivity index (χ1) is 7.18. The number of carbonyl (C=O) groups excluding carboxylic acids is 1. The summed E-state index contributed by atoms with van der Waals surface area (Å²) in [6, 6.07) is 7.21. The highest BCUT2D eigenvalue weighted by molar-refractivity contribution is 6.68. The third-order valence-electron chi connectivity index (χ3n) is 2.15. The summed E-state index contributed by atoms with van der Waals surface area (Å²) in [5.41, 5.74) is 2.21. The van der Waals surface area contributed by atoms with Gasteiger partial charge in [0.2, 0.25) is 0 Å². The van der Waals surface area contributed by atoms with E-state index in [4.69, 9.17) is 11.6 Å². The van der Waals surface area contributed by atoms with Crippen molar-refractivity contribution in [3.8, 4) is 11.1 Å². The van der Waals surface area contributed by atoms with Crippen LogP contribution in [0.5, 0.6) is 0 Å². The van der Waals surface area contributed by atoms with Crippen LogP contribution >= 0.6 is 11.6 Å². The highest BCUT2D eigenvalue weighted by Gasteiger charge is 2.10. The molecule has 2 aromatic rings. The summed E-state index contributed by atoms with van der Waals surface area (Å²) in [5.74, 6) is 0. The van der Waals surface area contributed by atoms with Crippen LogP contribution in [0.3, 0.4) is 0 Å². The molecule has 0 radical (unpaired) electrons. The number of halogens is 1. The zero-order valence-electron chi connectivity index (χ0n) is 8.14. The number of aromatic nitrogens is 2. The normalized spacial score (nSPS) is 10.3. The molecule has 0 amide bonds. The SMILES string of the molecule is Cn1cc(-c2ccccc2C(=O)Cl)cn1. The number of carbonyl (C=O) groups is 1. The van der Waals surface area contributed by atoms with Gasteiger partial charge in [0.25, 0.3) is 5.24 Å². The summed E-state index contributed by atoms with van der Waals surface area (Å²) in [6.45, 7) is 0. The Bertz CT molecular complexity index is 505. The Balaban J connectivity index is 2.57. The van der Waals surface area contributed by atoms with Crippen LogP contribution in [0.2, 0.25) is 0 Å². The summed E-state index contributed by atoms with van der Waals surface area (Å²) in [4.78, 5) is 11.2. The van der Waals surface area contributed by atoms with Crippen LogP contribution in [0.25, 0.3) is 11.1 Å². The van der Waals surface area contributed by atoms with Gasteiger partial charge in [0.1, 0.15) is 0 Å². The molecule has 0 aliphatic heterocycles. The molecule has 0 spiro atoms. The molecule has 0 atom stereocenters. The maximum Gasteiger partial charge on any atom is 0.253 e. The average Bonchev–Trinajstić information content (AvgIpc) is 2.65. The van der Waals surface area contributed by atoms with Gasteiger partial charge in [-0.25, -0.2) is 0 Å². The Hall–Kier alpha value is -1.61. The van der Waals surface area contributed by atoms with E-state index >= 15 is 0 Å². The van der Waals surface area contributed by atoms with Crippen molar-refractivity contribution >= 4 is 16.8 Å². The van der Waals surface area contributed by atoms with E-state index in [2.05, 4.69) is 5.10 Å². The Kier molecular flexibility index (Phi) is 2.56. The van der Waals surface area contributed by atoms with Crippen LogP contribution in [0.15, 0.2) is 36.7 Å². The van der Waals surface area contributed by atoms with Crippen molar-refractivity contribution in [1.82, 2.24) is 9.78 Å². The van der Waals surface area contributed by atoms with Gasteiger partial charge in [0.05, 0.1) is 6.20 Å². The van der Waals surface area contributed by atoms with Crippen molar-refractivity contribution in [2.45, 2.75) is 0 Å². The fourth-order valence-electron chi connectivity index (χ4n) is 1.47. The summed E-state index contributed by atoms with van der Waals surface area (Å²) < 4.78 is 1.69.